The van der Waals surface area contributed by atoms with Crippen LogP contribution in [0.4, 0.5) is 5.82 Å². The zero-order chi connectivity index (χ0) is 20.7. The summed E-state index contributed by atoms with van der Waals surface area (Å²) in [5.41, 5.74) is 6.99. The molecule has 2 aromatic rings. The van der Waals surface area contributed by atoms with Crippen LogP contribution in [-0.4, -0.2) is 64.5 Å². The highest BCUT2D eigenvalue weighted by molar-refractivity contribution is 6.74. The third-order valence-corrected chi connectivity index (χ3v) is 10.2. The van der Waals surface area contributed by atoms with Gasteiger partial charge in [0, 0.05) is 6.61 Å². The van der Waals surface area contributed by atoms with Gasteiger partial charge in [0.05, 0.1) is 12.9 Å². The van der Waals surface area contributed by atoms with Crippen LogP contribution < -0.4 is 5.73 Å². The molecule has 10 heteroatoms. The summed E-state index contributed by atoms with van der Waals surface area (Å²) in [4.78, 5) is 12.6. The third kappa shape index (κ3) is 3.66. The van der Waals surface area contributed by atoms with Gasteiger partial charge in [-0.2, -0.15) is 0 Å². The molecule has 9 nitrogen and oxygen atoms in total. The number of rotatable bonds is 6. The Balaban J connectivity index is 1.99. The van der Waals surface area contributed by atoms with Crippen LogP contribution in [-0.2, 0) is 13.9 Å². The monoisotopic (exact) mass is 409 g/mol. The first-order valence-corrected chi connectivity index (χ1v) is 12.5. The highest BCUT2D eigenvalue weighted by Gasteiger charge is 2.51. The third-order valence-electron chi connectivity index (χ3n) is 5.72. The maximum atomic E-state index is 9.98. The van der Waals surface area contributed by atoms with E-state index in [4.69, 9.17) is 19.6 Å². The molecule has 0 amide bonds. The van der Waals surface area contributed by atoms with Crippen molar-refractivity contribution in [3.8, 4) is 0 Å². The lowest BCUT2D eigenvalue weighted by atomic mass is 10.1. The van der Waals surface area contributed by atoms with E-state index in [0.29, 0.717) is 23.6 Å². The zero-order valence-corrected chi connectivity index (χ0v) is 18.4. The molecule has 1 aliphatic rings. The van der Waals surface area contributed by atoms with Crippen molar-refractivity contribution in [1.82, 2.24) is 19.5 Å². The standard InChI is InChI=1S/C18H31N5O4Si/c1-7-25-14-13(27-28(5,6)18(2,3)4)11(8-24)26-17(14)23-10-22-12-15(19)20-9-21-16(12)23/h9-11,13-14,17,24H,7-8H2,1-6H3,(H2,19,20,21)/t11-,13-,14-,17-/m1/s1. The second-order valence-corrected chi connectivity index (χ2v) is 13.3. The Morgan fingerprint density at radius 3 is 2.57 bits per heavy atom. The molecule has 28 heavy (non-hydrogen) atoms. The predicted octanol–water partition coefficient (Wildman–Crippen LogP) is 2.09. The highest BCUT2D eigenvalue weighted by atomic mass is 28.4. The molecule has 0 aromatic carbocycles. The second-order valence-electron chi connectivity index (χ2n) is 8.59. The maximum Gasteiger partial charge on any atom is 0.192 e. The maximum absolute atomic E-state index is 9.98. The summed E-state index contributed by atoms with van der Waals surface area (Å²) in [5, 5.41) is 10.00. The molecular weight excluding hydrogens is 378 g/mol. The van der Waals surface area contributed by atoms with Crippen LogP contribution in [0.3, 0.4) is 0 Å². The van der Waals surface area contributed by atoms with Gasteiger partial charge in [0.25, 0.3) is 0 Å². The molecule has 0 spiro atoms. The first-order valence-electron chi connectivity index (χ1n) is 9.59. The summed E-state index contributed by atoms with van der Waals surface area (Å²) in [6, 6.07) is 0. The molecule has 4 atom stereocenters. The Hall–Kier alpha value is -1.59. The number of anilines is 1. The van der Waals surface area contributed by atoms with Gasteiger partial charge in [0.15, 0.2) is 26.0 Å². The molecular formula is C18H31N5O4Si. The van der Waals surface area contributed by atoms with E-state index in [1.165, 1.54) is 6.33 Å². The van der Waals surface area contributed by atoms with Gasteiger partial charge in [-0.1, -0.05) is 20.8 Å². The Morgan fingerprint density at radius 1 is 1.25 bits per heavy atom. The van der Waals surface area contributed by atoms with Gasteiger partial charge in [-0.05, 0) is 25.1 Å². The number of aromatic nitrogens is 4. The minimum absolute atomic E-state index is 0.0191. The number of aliphatic hydroxyl groups excluding tert-OH is 1. The SMILES string of the molecule is CCO[C@@H]1[C@H](O[Si](C)(C)C(C)(C)C)[C@@H](CO)O[C@H]1n1cnc2c(N)ncnc21. The lowest BCUT2D eigenvalue weighted by molar-refractivity contribution is -0.0674. The molecule has 0 aliphatic carbocycles. The van der Waals surface area contributed by atoms with E-state index >= 15 is 0 Å². The van der Waals surface area contributed by atoms with E-state index in [9.17, 15) is 5.11 Å². The van der Waals surface area contributed by atoms with Gasteiger partial charge in [-0.3, -0.25) is 4.57 Å². The molecule has 0 radical (unpaired) electrons. The van der Waals surface area contributed by atoms with Crippen LogP contribution in [0, 0.1) is 0 Å². The van der Waals surface area contributed by atoms with E-state index in [2.05, 4.69) is 48.8 Å². The van der Waals surface area contributed by atoms with Crippen molar-refractivity contribution in [3.05, 3.63) is 12.7 Å². The number of aliphatic hydroxyl groups is 1. The quantitative estimate of drug-likeness (QED) is 0.697. The summed E-state index contributed by atoms with van der Waals surface area (Å²) in [6.45, 7) is 13.2. The fourth-order valence-corrected chi connectivity index (χ4v) is 4.48. The van der Waals surface area contributed by atoms with Gasteiger partial charge in [0.1, 0.15) is 30.2 Å². The van der Waals surface area contributed by atoms with E-state index in [0.717, 1.165) is 0 Å². The number of nitrogen functional groups attached to an aromatic ring is 1. The fourth-order valence-electron chi connectivity index (χ4n) is 3.16. The van der Waals surface area contributed by atoms with E-state index in [1.807, 2.05) is 6.92 Å². The molecule has 0 saturated carbocycles. The number of ether oxygens (including phenoxy) is 2. The minimum Gasteiger partial charge on any atom is -0.408 e. The molecule has 1 saturated heterocycles. The van der Waals surface area contributed by atoms with Crippen LogP contribution in [0.1, 0.15) is 33.9 Å². The summed E-state index contributed by atoms with van der Waals surface area (Å²) in [6.07, 6.45) is 1.17. The van der Waals surface area contributed by atoms with Crippen molar-refractivity contribution in [1.29, 1.82) is 0 Å². The Kier molecular flexibility index (Phi) is 5.79. The van der Waals surface area contributed by atoms with Crippen molar-refractivity contribution in [2.75, 3.05) is 18.9 Å². The van der Waals surface area contributed by atoms with Crippen molar-refractivity contribution < 1.29 is 19.0 Å². The van der Waals surface area contributed by atoms with Gasteiger partial charge in [0.2, 0.25) is 0 Å². The van der Waals surface area contributed by atoms with Gasteiger partial charge < -0.3 is 24.7 Å². The van der Waals surface area contributed by atoms with Crippen molar-refractivity contribution in [2.24, 2.45) is 0 Å². The Labute approximate surface area is 166 Å². The summed E-state index contributed by atoms with van der Waals surface area (Å²) < 4.78 is 20.7. The van der Waals surface area contributed by atoms with Gasteiger partial charge in [-0.25, -0.2) is 15.0 Å². The number of imidazole rings is 1. The second kappa shape index (κ2) is 7.67. The Morgan fingerprint density at radius 2 is 1.96 bits per heavy atom. The summed E-state index contributed by atoms with van der Waals surface area (Å²) in [7, 11) is -2.12. The zero-order valence-electron chi connectivity index (χ0n) is 17.4. The van der Waals surface area contributed by atoms with E-state index < -0.39 is 32.9 Å². The van der Waals surface area contributed by atoms with Crippen LogP contribution in [0.15, 0.2) is 12.7 Å². The van der Waals surface area contributed by atoms with Crippen LogP contribution in [0.5, 0.6) is 0 Å². The average molecular weight is 410 g/mol. The molecule has 156 valence electrons. The minimum atomic E-state index is -2.12. The molecule has 2 aromatic heterocycles. The van der Waals surface area contributed by atoms with Crippen molar-refractivity contribution in [3.63, 3.8) is 0 Å². The van der Waals surface area contributed by atoms with Gasteiger partial charge >= 0.3 is 0 Å². The lowest BCUT2D eigenvalue weighted by Crippen LogP contribution is -2.50. The molecule has 3 N–H and O–H groups in total. The summed E-state index contributed by atoms with van der Waals surface area (Å²) >= 11 is 0. The van der Waals surface area contributed by atoms with E-state index in [1.54, 1.807) is 10.9 Å². The molecule has 1 aliphatic heterocycles. The van der Waals surface area contributed by atoms with Gasteiger partial charge in [-0.15, -0.1) is 0 Å². The van der Waals surface area contributed by atoms with E-state index in [-0.39, 0.29) is 11.6 Å². The predicted molar refractivity (Wildman–Crippen MR) is 108 cm³/mol. The number of nitrogens with zero attached hydrogens (tertiary/aromatic N) is 4. The normalized spacial score (nSPS) is 26.2. The van der Waals surface area contributed by atoms with Crippen LogP contribution >= 0.6 is 0 Å². The number of hydrogen-bond acceptors (Lipinski definition) is 8. The molecule has 3 rings (SSSR count). The molecule has 1 fully saturated rings. The molecule has 0 unspecified atom stereocenters. The number of fused-ring (bicyclic) bond motifs is 1. The van der Waals surface area contributed by atoms with Crippen LogP contribution in [0.25, 0.3) is 11.2 Å². The molecule has 3 heterocycles. The topological polar surface area (TPSA) is 118 Å². The highest BCUT2D eigenvalue weighted by Crippen LogP contribution is 2.42. The molecule has 0 bridgehead atoms. The average Bonchev–Trinajstić information content (AvgIpc) is 3.17. The smallest absolute Gasteiger partial charge is 0.192 e. The summed E-state index contributed by atoms with van der Waals surface area (Å²) in [5.74, 6) is 0.308. The fraction of sp³-hybridized carbons (Fsp3) is 0.722. The first kappa shape index (κ1) is 21.1. The number of hydrogen-bond donors (Lipinski definition) is 2. The Bertz CT molecular complexity index is 822. The largest absolute Gasteiger partial charge is 0.408 e. The number of nitrogens with two attached hydrogens (primary N) is 1. The van der Waals surface area contributed by atoms with Crippen molar-refractivity contribution >= 4 is 25.3 Å². The lowest BCUT2D eigenvalue weighted by Gasteiger charge is -2.40. The van der Waals surface area contributed by atoms with Crippen LogP contribution in [0.2, 0.25) is 18.1 Å². The first-order chi connectivity index (χ1) is 13.1. The van der Waals surface area contributed by atoms with Crippen molar-refractivity contribution in [2.45, 2.75) is 70.4 Å².